The van der Waals surface area contributed by atoms with Crippen molar-refractivity contribution in [1.82, 2.24) is 0 Å². The van der Waals surface area contributed by atoms with Gasteiger partial charge >= 0.3 is 0 Å². The van der Waals surface area contributed by atoms with Crippen molar-refractivity contribution in [3.05, 3.63) is 71.3 Å². The average molecular weight is 250 g/mol. The highest BCUT2D eigenvalue weighted by Crippen LogP contribution is 2.42. The molecule has 0 aromatic heterocycles. The summed E-state index contributed by atoms with van der Waals surface area (Å²) in [6, 6.07) is 16.1. The molecule has 2 aromatic carbocycles. The fourth-order valence-electron chi connectivity index (χ4n) is 2.81. The molecule has 0 fully saturated rings. The van der Waals surface area contributed by atoms with Gasteiger partial charge in [-0.05, 0) is 46.2 Å². The molecule has 0 radical (unpaired) electrons. The monoisotopic (exact) mass is 250 g/mol. The van der Waals surface area contributed by atoms with Crippen LogP contribution in [0.1, 0.15) is 37.0 Å². The van der Waals surface area contributed by atoms with Gasteiger partial charge in [0, 0.05) is 0 Å². The summed E-state index contributed by atoms with van der Waals surface area (Å²) in [6.07, 6.45) is 3.31. The molecule has 0 saturated heterocycles. The van der Waals surface area contributed by atoms with Gasteiger partial charge in [0.15, 0.2) is 0 Å². The Hall–Kier alpha value is -2.02. The number of aromatic hydroxyl groups is 1. The summed E-state index contributed by atoms with van der Waals surface area (Å²) in [7, 11) is 0. The van der Waals surface area contributed by atoms with Crippen LogP contribution in [-0.4, -0.2) is 5.11 Å². The van der Waals surface area contributed by atoms with Gasteiger partial charge in [-0.3, -0.25) is 0 Å². The van der Waals surface area contributed by atoms with Crippen LogP contribution in [-0.2, 0) is 5.41 Å². The van der Waals surface area contributed by atoms with E-state index in [1.54, 1.807) is 6.07 Å². The van der Waals surface area contributed by atoms with Crippen LogP contribution in [0.4, 0.5) is 0 Å². The van der Waals surface area contributed by atoms with E-state index < -0.39 is 0 Å². The van der Waals surface area contributed by atoms with E-state index in [9.17, 15) is 5.11 Å². The lowest BCUT2D eigenvalue weighted by Gasteiger charge is -2.32. The third kappa shape index (κ3) is 2.06. The predicted molar refractivity (Wildman–Crippen MR) is 79.3 cm³/mol. The first kappa shape index (κ1) is 12.0. The van der Waals surface area contributed by atoms with E-state index >= 15 is 0 Å². The lowest BCUT2D eigenvalue weighted by Crippen LogP contribution is -2.21. The largest absolute Gasteiger partial charge is 0.508 e. The summed E-state index contributed by atoms with van der Waals surface area (Å²) in [4.78, 5) is 0. The Morgan fingerprint density at radius 3 is 2.47 bits per heavy atom. The van der Waals surface area contributed by atoms with Crippen molar-refractivity contribution in [3.8, 4) is 5.75 Å². The fraction of sp³-hybridized carbons (Fsp3) is 0.222. The van der Waals surface area contributed by atoms with Gasteiger partial charge in [0.25, 0.3) is 0 Å². The molecule has 0 spiro atoms. The van der Waals surface area contributed by atoms with Gasteiger partial charge < -0.3 is 5.11 Å². The molecule has 0 heterocycles. The normalized spacial score (nSPS) is 16.6. The lowest BCUT2D eigenvalue weighted by atomic mass is 9.72. The number of benzene rings is 2. The van der Waals surface area contributed by atoms with Crippen molar-refractivity contribution in [1.29, 1.82) is 0 Å². The zero-order valence-corrected chi connectivity index (χ0v) is 11.4. The number of allylic oxidation sites excluding steroid dienone is 1. The van der Waals surface area contributed by atoms with Gasteiger partial charge in [0.2, 0.25) is 0 Å². The second kappa shape index (κ2) is 4.27. The zero-order chi connectivity index (χ0) is 13.5. The summed E-state index contributed by atoms with van der Waals surface area (Å²) < 4.78 is 0. The Labute approximate surface area is 114 Å². The van der Waals surface area contributed by atoms with Gasteiger partial charge in [-0.25, -0.2) is 0 Å². The van der Waals surface area contributed by atoms with Gasteiger partial charge in [0.05, 0.1) is 0 Å². The maximum atomic E-state index is 9.80. The standard InChI is InChI=1S/C18H18O/c1-18(2)11-10-15(13-6-4-3-5-7-13)16-12-14(19)8-9-17(16)18/h3-10,12,19H,11H2,1-2H3. The van der Waals surface area contributed by atoms with E-state index in [2.05, 4.69) is 50.3 Å². The number of phenolic OH excluding ortho intramolecular Hbond substituents is 1. The molecule has 0 saturated carbocycles. The molecule has 1 aliphatic carbocycles. The van der Waals surface area contributed by atoms with Gasteiger partial charge in [-0.1, -0.05) is 56.3 Å². The number of fused-ring (bicyclic) bond motifs is 1. The molecule has 0 amide bonds. The highest BCUT2D eigenvalue weighted by atomic mass is 16.3. The molecule has 0 unspecified atom stereocenters. The predicted octanol–water partition coefficient (Wildman–Crippen LogP) is 4.51. The third-order valence-corrected chi connectivity index (χ3v) is 3.92. The first-order valence-corrected chi connectivity index (χ1v) is 6.67. The number of hydrogen-bond acceptors (Lipinski definition) is 1. The molecule has 1 heteroatoms. The Balaban J connectivity index is 2.20. The van der Waals surface area contributed by atoms with Crippen LogP contribution in [0.5, 0.6) is 5.75 Å². The number of phenols is 1. The van der Waals surface area contributed by atoms with Gasteiger partial charge in [-0.2, -0.15) is 0 Å². The molecule has 0 aliphatic heterocycles. The molecule has 19 heavy (non-hydrogen) atoms. The maximum absolute atomic E-state index is 9.80. The van der Waals surface area contributed by atoms with E-state index in [-0.39, 0.29) is 5.41 Å². The van der Waals surface area contributed by atoms with Crippen LogP contribution in [0, 0.1) is 0 Å². The SMILES string of the molecule is CC1(C)CC=C(c2ccccc2)c2cc(O)ccc21. The first-order valence-electron chi connectivity index (χ1n) is 6.67. The molecule has 0 atom stereocenters. The molecule has 0 bridgehead atoms. The smallest absolute Gasteiger partial charge is 0.116 e. The van der Waals surface area contributed by atoms with Crippen LogP contribution in [0.15, 0.2) is 54.6 Å². The molecule has 2 aromatic rings. The van der Waals surface area contributed by atoms with Crippen LogP contribution in [0.2, 0.25) is 0 Å². The summed E-state index contributed by atoms with van der Waals surface area (Å²) >= 11 is 0. The van der Waals surface area contributed by atoms with Crippen molar-refractivity contribution < 1.29 is 5.11 Å². The summed E-state index contributed by atoms with van der Waals surface area (Å²) in [5.41, 5.74) is 5.03. The van der Waals surface area contributed by atoms with Crippen LogP contribution in [0.25, 0.3) is 5.57 Å². The van der Waals surface area contributed by atoms with Gasteiger partial charge in [0.1, 0.15) is 5.75 Å². The van der Waals surface area contributed by atoms with Crippen molar-refractivity contribution in [3.63, 3.8) is 0 Å². The van der Waals surface area contributed by atoms with E-state index in [1.165, 1.54) is 16.7 Å². The third-order valence-electron chi connectivity index (χ3n) is 3.92. The molecular weight excluding hydrogens is 232 g/mol. The Morgan fingerprint density at radius 2 is 1.74 bits per heavy atom. The quantitative estimate of drug-likeness (QED) is 0.789. The average Bonchev–Trinajstić information content (AvgIpc) is 2.39. The van der Waals surface area contributed by atoms with Crippen molar-refractivity contribution in [2.24, 2.45) is 0 Å². The van der Waals surface area contributed by atoms with Crippen LogP contribution < -0.4 is 0 Å². The Morgan fingerprint density at radius 1 is 1.00 bits per heavy atom. The van der Waals surface area contributed by atoms with Crippen molar-refractivity contribution >= 4 is 5.57 Å². The topological polar surface area (TPSA) is 20.2 Å². The fourth-order valence-corrected chi connectivity index (χ4v) is 2.81. The minimum atomic E-state index is 0.126. The second-order valence-electron chi connectivity index (χ2n) is 5.80. The van der Waals surface area contributed by atoms with Crippen LogP contribution in [0.3, 0.4) is 0 Å². The summed E-state index contributed by atoms with van der Waals surface area (Å²) in [6.45, 7) is 4.50. The van der Waals surface area contributed by atoms with E-state index in [4.69, 9.17) is 0 Å². The molecule has 1 N–H and O–H groups in total. The van der Waals surface area contributed by atoms with Gasteiger partial charge in [-0.15, -0.1) is 0 Å². The molecule has 1 nitrogen and oxygen atoms in total. The highest BCUT2D eigenvalue weighted by molar-refractivity contribution is 5.84. The summed E-state index contributed by atoms with van der Waals surface area (Å²) in [5.74, 6) is 0.332. The number of rotatable bonds is 1. The van der Waals surface area contributed by atoms with E-state index in [1.807, 2.05) is 12.1 Å². The minimum absolute atomic E-state index is 0.126. The molecular formula is C18H18O. The number of hydrogen-bond donors (Lipinski definition) is 1. The Kier molecular flexibility index (Phi) is 2.70. The van der Waals surface area contributed by atoms with Crippen molar-refractivity contribution in [2.45, 2.75) is 25.7 Å². The highest BCUT2D eigenvalue weighted by Gasteiger charge is 2.28. The van der Waals surface area contributed by atoms with Crippen LogP contribution >= 0.6 is 0 Å². The molecule has 3 rings (SSSR count). The zero-order valence-electron chi connectivity index (χ0n) is 11.4. The lowest BCUT2D eigenvalue weighted by molar-refractivity contribution is 0.472. The molecule has 96 valence electrons. The minimum Gasteiger partial charge on any atom is -0.508 e. The summed E-state index contributed by atoms with van der Waals surface area (Å²) in [5, 5.41) is 9.80. The molecule has 1 aliphatic rings. The van der Waals surface area contributed by atoms with E-state index in [0.29, 0.717) is 5.75 Å². The second-order valence-corrected chi connectivity index (χ2v) is 5.80. The maximum Gasteiger partial charge on any atom is 0.116 e. The Bertz CT molecular complexity index is 636. The first-order chi connectivity index (χ1) is 9.08. The van der Waals surface area contributed by atoms with Crippen molar-refractivity contribution in [2.75, 3.05) is 0 Å². The van der Waals surface area contributed by atoms with E-state index in [0.717, 1.165) is 12.0 Å².